The zero-order valence-corrected chi connectivity index (χ0v) is 10.9. The van der Waals surface area contributed by atoms with Gasteiger partial charge in [-0.05, 0) is 18.4 Å². The Bertz CT molecular complexity index is 519. The molecule has 1 heterocycles. The van der Waals surface area contributed by atoms with Crippen LogP contribution in [0.25, 0.3) is 11.1 Å². The van der Waals surface area contributed by atoms with Crippen LogP contribution in [-0.4, -0.2) is 33.6 Å². The van der Waals surface area contributed by atoms with E-state index in [1.165, 1.54) is 12.8 Å². The summed E-state index contributed by atoms with van der Waals surface area (Å²) in [6.07, 6.45) is 5.93. The molecule has 1 aliphatic rings. The van der Waals surface area contributed by atoms with Crippen molar-refractivity contribution in [1.82, 2.24) is 15.1 Å². The van der Waals surface area contributed by atoms with Gasteiger partial charge in [0, 0.05) is 24.3 Å². The van der Waals surface area contributed by atoms with Crippen molar-refractivity contribution in [2.24, 2.45) is 0 Å². The maximum absolute atomic E-state index is 9.94. The lowest BCUT2D eigenvalue weighted by Crippen LogP contribution is -2.31. The van der Waals surface area contributed by atoms with Gasteiger partial charge in [-0.1, -0.05) is 30.3 Å². The van der Waals surface area contributed by atoms with Crippen LogP contribution in [0.2, 0.25) is 0 Å². The summed E-state index contributed by atoms with van der Waals surface area (Å²) in [5, 5.41) is 17.6. The van der Waals surface area contributed by atoms with E-state index in [4.69, 9.17) is 0 Å². The Kier molecular flexibility index (Phi) is 3.62. The molecule has 0 bridgehead atoms. The number of aliphatic hydroxyl groups excluding tert-OH is 1. The van der Waals surface area contributed by atoms with E-state index in [0.29, 0.717) is 19.1 Å². The molecule has 3 rings (SSSR count). The van der Waals surface area contributed by atoms with Gasteiger partial charge in [-0.25, -0.2) is 0 Å². The summed E-state index contributed by atoms with van der Waals surface area (Å²) in [6.45, 7) is 1.18. The molecule has 0 spiro atoms. The molecule has 1 aliphatic carbocycles. The predicted molar refractivity (Wildman–Crippen MR) is 74.7 cm³/mol. The molecule has 4 heteroatoms. The van der Waals surface area contributed by atoms with Crippen molar-refractivity contribution in [3.63, 3.8) is 0 Å². The number of aromatic nitrogens is 2. The van der Waals surface area contributed by atoms with Crippen LogP contribution in [0, 0.1) is 0 Å². The van der Waals surface area contributed by atoms with Crippen molar-refractivity contribution in [3.8, 4) is 11.1 Å². The monoisotopic (exact) mass is 257 g/mol. The first-order chi connectivity index (χ1) is 9.31. The Hall–Kier alpha value is -1.65. The minimum absolute atomic E-state index is 0.385. The zero-order chi connectivity index (χ0) is 13.1. The number of nitrogens with one attached hydrogen (secondary N) is 1. The maximum Gasteiger partial charge on any atom is 0.0860 e. The topological polar surface area (TPSA) is 50.1 Å². The van der Waals surface area contributed by atoms with E-state index in [9.17, 15) is 5.11 Å². The number of aliphatic hydroxyl groups is 1. The van der Waals surface area contributed by atoms with Gasteiger partial charge in [0.05, 0.1) is 18.8 Å². The van der Waals surface area contributed by atoms with Gasteiger partial charge < -0.3 is 10.4 Å². The highest BCUT2D eigenvalue weighted by molar-refractivity contribution is 5.61. The molecular weight excluding hydrogens is 238 g/mol. The highest BCUT2D eigenvalue weighted by Crippen LogP contribution is 2.19. The fourth-order valence-electron chi connectivity index (χ4n) is 2.11. The maximum atomic E-state index is 9.94. The molecule has 0 saturated heterocycles. The standard InChI is InChI=1S/C15H19N3O/c19-15(9-16-14-6-7-14)11-18-10-13(8-17-18)12-4-2-1-3-5-12/h1-5,8,10,14-16,19H,6-7,9,11H2. The SMILES string of the molecule is OC(CNC1CC1)Cn1cc(-c2ccccc2)cn1. The van der Waals surface area contributed by atoms with Crippen LogP contribution in [-0.2, 0) is 6.54 Å². The van der Waals surface area contributed by atoms with Crippen molar-refractivity contribution < 1.29 is 5.11 Å². The Balaban J connectivity index is 1.58. The van der Waals surface area contributed by atoms with Crippen LogP contribution >= 0.6 is 0 Å². The van der Waals surface area contributed by atoms with Gasteiger partial charge in [-0.15, -0.1) is 0 Å². The molecule has 0 radical (unpaired) electrons. The second-order valence-electron chi connectivity index (χ2n) is 5.15. The van der Waals surface area contributed by atoms with E-state index >= 15 is 0 Å². The third-order valence-corrected chi connectivity index (χ3v) is 3.36. The van der Waals surface area contributed by atoms with E-state index in [1.807, 2.05) is 35.3 Å². The quantitative estimate of drug-likeness (QED) is 0.827. The number of benzene rings is 1. The van der Waals surface area contributed by atoms with E-state index in [-0.39, 0.29) is 6.10 Å². The fraction of sp³-hybridized carbons (Fsp3) is 0.400. The lowest BCUT2D eigenvalue weighted by Gasteiger charge is -2.11. The van der Waals surface area contributed by atoms with Crippen LogP contribution in [0.1, 0.15) is 12.8 Å². The van der Waals surface area contributed by atoms with Crippen LogP contribution in [0.15, 0.2) is 42.7 Å². The first-order valence-corrected chi connectivity index (χ1v) is 6.80. The number of hydrogen-bond acceptors (Lipinski definition) is 3. The first-order valence-electron chi connectivity index (χ1n) is 6.80. The predicted octanol–water partition coefficient (Wildman–Crippen LogP) is 1.66. The zero-order valence-electron chi connectivity index (χ0n) is 10.9. The minimum Gasteiger partial charge on any atom is -0.390 e. The van der Waals surface area contributed by atoms with Crippen LogP contribution < -0.4 is 5.32 Å². The molecule has 1 atom stereocenters. The largest absolute Gasteiger partial charge is 0.390 e. The number of nitrogens with zero attached hydrogens (tertiary/aromatic N) is 2. The molecule has 2 N–H and O–H groups in total. The van der Waals surface area contributed by atoms with Gasteiger partial charge in [0.25, 0.3) is 0 Å². The highest BCUT2D eigenvalue weighted by Gasteiger charge is 2.21. The molecular formula is C15H19N3O. The van der Waals surface area contributed by atoms with Gasteiger partial charge in [-0.3, -0.25) is 4.68 Å². The molecule has 1 aromatic carbocycles. The van der Waals surface area contributed by atoms with Crippen molar-refractivity contribution in [2.75, 3.05) is 6.54 Å². The normalized spacial score (nSPS) is 16.5. The Morgan fingerprint density at radius 2 is 2.05 bits per heavy atom. The van der Waals surface area contributed by atoms with Crippen LogP contribution in [0.3, 0.4) is 0 Å². The number of hydrogen-bond donors (Lipinski definition) is 2. The molecule has 100 valence electrons. The lowest BCUT2D eigenvalue weighted by molar-refractivity contribution is 0.146. The number of rotatable bonds is 6. The van der Waals surface area contributed by atoms with E-state index in [0.717, 1.165) is 11.1 Å². The highest BCUT2D eigenvalue weighted by atomic mass is 16.3. The van der Waals surface area contributed by atoms with Crippen molar-refractivity contribution >= 4 is 0 Å². The minimum atomic E-state index is -0.385. The summed E-state index contributed by atoms with van der Waals surface area (Å²) in [4.78, 5) is 0. The fourth-order valence-corrected chi connectivity index (χ4v) is 2.11. The summed E-state index contributed by atoms with van der Waals surface area (Å²) in [7, 11) is 0. The van der Waals surface area contributed by atoms with Crippen LogP contribution in [0.4, 0.5) is 0 Å². The summed E-state index contributed by atoms with van der Waals surface area (Å²) in [5.41, 5.74) is 2.24. The second kappa shape index (κ2) is 5.55. The molecule has 4 nitrogen and oxygen atoms in total. The molecule has 1 unspecified atom stereocenters. The summed E-state index contributed by atoms with van der Waals surface area (Å²) in [6, 6.07) is 10.8. The third kappa shape index (κ3) is 3.43. The van der Waals surface area contributed by atoms with Crippen molar-refractivity contribution in [2.45, 2.75) is 31.5 Å². The second-order valence-corrected chi connectivity index (χ2v) is 5.15. The molecule has 1 saturated carbocycles. The molecule has 1 aromatic heterocycles. The summed E-state index contributed by atoms with van der Waals surface area (Å²) >= 11 is 0. The van der Waals surface area contributed by atoms with Crippen molar-refractivity contribution in [3.05, 3.63) is 42.7 Å². The van der Waals surface area contributed by atoms with Gasteiger partial charge in [0.2, 0.25) is 0 Å². The molecule has 2 aromatic rings. The van der Waals surface area contributed by atoms with E-state index < -0.39 is 0 Å². The summed E-state index contributed by atoms with van der Waals surface area (Å²) < 4.78 is 1.81. The Morgan fingerprint density at radius 3 is 2.79 bits per heavy atom. The molecule has 1 fully saturated rings. The van der Waals surface area contributed by atoms with Gasteiger partial charge in [0.1, 0.15) is 0 Å². The summed E-state index contributed by atoms with van der Waals surface area (Å²) in [5.74, 6) is 0. The first kappa shape index (κ1) is 12.4. The molecule has 0 amide bonds. The third-order valence-electron chi connectivity index (χ3n) is 3.36. The van der Waals surface area contributed by atoms with E-state index in [2.05, 4.69) is 22.5 Å². The average molecular weight is 257 g/mol. The molecule has 19 heavy (non-hydrogen) atoms. The lowest BCUT2D eigenvalue weighted by atomic mass is 10.1. The average Bonchev–Trinajstić information content (AvgIpc) is 3.16. The van der Waals surface area contributed by atoms with Crippen molar-refractivity contribution in [1.29, 1.82) is 0 Å². The molecule has 0 aliphatic heterocycles. The van der Waals surface area contributed by atoms with Gasteiger partial charge >= 0.3 is 0 Å². The van der Waals surface area contributed by atoms with E-state index in [1.54, 1.807) is 0 Å². The van der Waals surface area contributed by atoms with Gasteiger partial charge in [-0.2, -0.15) is 5.10 Å². The van der Waals surface area contributed by atoms with Gasteiger partial charge in [0.15, 0.2) is 0 Å². The Morgan fingerprint density at radius 1 is 1.26 bits per heavy atom. The Labute approximate surface area is 113 Å². The van der Waals surface area contributed by atoms with Crippen LogP contribution in [0.5, 0.6) is 0 Å². The smallest absolute Gasteiger partial charge is 0.0860 e.